The predicted octanol–water partition coefficient (Wildman–Crippen LogP) is 4.13. The van der Waals surface area contributed by atoms with Crippen molar-refractivity contribution in [2.45, 2.75) is 0 Å². The van der Waals surface area contributed by atoms with Gasteiger partial charge in [-0.15, -0.1) is 0 Å². The van der Waals surface area contributed by atoms with Gasteiger partial charge in [0.1, 0.15) is 10.9 Å². The molecule has 0 amide bonds. The molecular weight excluding hydrogens is 434 g/mol. The highest BCUT2D eigenvalue weighted by Gasteiger charge is 2.22. The van der Waals surface area contributed by atoms with Crippen molar-refractivity contribution in [3.8, 4) is 5.75 Å². The lowest BCUT2D eigenvalue weighted by atomic mass is 10.1. The van der Waals surface area contributed by atoms with Crippen LogP contribution >= 0.6 is 23.2 Å². The SMILES string of the molecule is C=C(/N=C(C(=O)OC)\C(Cl)=C(/N)Nc1ccccc1N)c1ccc(Cl)c(OC)c1F. The van der Waals surface area contributed by atoms with Gasteiger partial charge in [0.25, 0.3) is 0 Å². The molecule has 30 heavy (non-hydrogen) atoms. The first-order valence-electron chi connectivity index (χ1n) is 8.36. The number of carbonyl (C=O) groups excluding carboxylic acids is 1. The third kappa shape index (κ3) is 5.03. The quantitative estimate of drug-likeness (QED) is 0.330. The number of halogens is 3. The number of nitrogen functional groups attached to an aromatic ring is 1. The molecule has 0 saturated heterocycles. The normalized spacial score (nSPS) is 12.1. The molecule has 5 N–H and O–H groups in total. The number of esters is 1. The number of carbonyl (C=O) groups is 1. The van der Waals surface area contributed by atoms with Crippen LogP contribution in [0.15, 0.2) is 58.8 Å². The summed E-state index contributed by atoms with van der Waals surface area (Å²) >= 11 is 12.2. The molecule has 0 atom stereocenters. The van der Waals surface area contributed by atoms with Crippen LogP contribution < -0.4 is 21.5 Å². The van der Waals surface area contributed by atoms with Gasteiger partial charge in [0.15, 0.2) is 17.3 Å². The molecule has 0 bridgehead atoms. The standard InChI is InChI=1S/C20H19Cl2FN4O3/c1-10(11-8-9-12(21)18(29-2)16(11)23)26-17(20(28)30-3)15(22)19(25)27-14-7-5-4-6-13(14)24/h4-9,27H,1,24-25H2,2-3H3/b19-15-,26-17+. The van der Waals surface area contributed by atoms with Crippen LogP contribution in [0.4, 0.5) is 15.8 Å². The molecule has 0 aliphatic rings. The highest BCUT2D eigenvalue weighted by molar-refractivity contribution is 6.58. The number of anilines is 2. The zero-order valence-electron chi connectivity index (χ0n) is 16.1. The minimum Gasteiger partial charge on any atom is -0.492 e. The van der Waals surface area contributed by atoms with E-state index in [-0.39, 0.29) is 32.9 Å². The number of aliphatic imine (C=N–C) groups is 1. The van der Waals surface area contributed by atoms with Gasteiger partial charge < -0.3 is 26.3 Å². The highest BCUT2D eigenvalue weighted by Crippen LogP contribution is 2.33. The van der Waals surface area contributed by atoms with Crippen molar-refractivity contribution in [2.24, 2.45) is 10.7 Å². The molecule has 0 radical (unpaired) electrons. The Morgan fingerprint density at radius 1 is 1.23 bits per heavy atom. The summed E-state index contributed by atoms with van der Waals surface area (Å²) in [5.41, 5.74) is 12.1. The third-order valence-electron chi connectivity index (χ3n) is 3.86. The van der Waals surface area contributed by atoms with E-state index in [0.29, 0.717) is 11.4 Å². The van der Waals surface area contributed by atoms with Crippen molar-refractivity contribution in [1.29, 1.82) is 0 Å². The lowest BCUT2D eigenvalue weighted by Gasteiger charge is -2.13. The van der Waals surface area contributed by atoms with E-state index in [1.807, 2.05) is 0 Å². The molecule has 7 nitrogen and oxygen atoms in total. The Morgan fingerprint density at radius 3 is 2.50 bits per heavy atom. The van der Waals surface area contributed by atoms with Gasteiger partial charge in [0.2, 0.25) is 0 Å². The fraction of sp³-hybridized carbons (Fsp3) is 0.100. The fourth-order valence-electron chi connectivity index (χ4n) is 2.36. The van der Waals surface area contributed by atoms with Gasteiger partial charge >= 0.3 is 5.97 Å². The van der Waals surface area contributed by atoms with Crippen LogP contribution in [0, 0.1) is 5.82 Å². The van der Waals surface area contributed by atoms with Gasteiger partial charge in [-0.3, -0.25) is 0 Å². The van der Waals surface area contributed by atoms with Gasteiger partial charge in [-0.2, -0.15) is 0 Å². The largest absolute Gasteiger partial charge is 0.492 e. The fourth-order valence-corrected chi connectivity index (χ4v) is 2.75. The molecule has 0 saturated carbocycles. The van der Waals surface area contributed by atoms with E-state index in [9.17, 15) is 9.18 Å². The monoisotopic (exact) mass is 452 g/mol. The molecule has 0 heterocycles. The molecule has 2 aromatic carbocycles. The number of para-hydroxylation sites is 2. The van der Waals surface area contributed by atoms with Crippen LogP contribution in [0.5, 0.6) is 5.75 Å². The second kappa shape index (κ2) is 10.00. The van der Waals surface area contributed by atoms with Crippen LogP contribution in [0.1, 0.15) is 5.56 Å². The molecule has 0 aliphatic carbocycles. The summed E-state index contributed by atoms with van der Waals surface area (Å²) < 4.78 is 24.3. The molecule has 2 aromatic rings. The molecule has 0 aromatic heterocycles. The number of hydrogen-bond acceptors (Lipinski definition) is 7. The van der Waals surface area contributed by atoms with E-state index in [1.54, 1.807) is 24.3 Å². The third-order valence-corrected chi connectivity index (χ3v) is 4.54. The summed E-state index contributed by atoms with van der Waals surface area (Å²) in [5.74, 6) is -2.02. The number of hydrogen-bond donors (Lipinski definition) is 3. The van der Waals surface area contributed by atoms with E-state index >= 15 is 0 Å². The number of nitrogens with zero attached hydrogens (tertiary/aromatic N) is 1. The second-order valence-electron chi connectivity index (χ2n) is 5.78. The second-order valence-corrected chi connectivity index (χ2v) is 6.57. The van der Waals surface area contributed by atoms with Gasteiger partial charge in [0, 0.05) is 5.56 Å². The summed E-state index contributed by atoms with van der Waals surface area (Å²) in [4.78, 5) is 16.3. The van der Waals surface area contributed by atoms with E-state index in [1.165, 1.54) is 19.2 Å². The van der Waals surface area contributed by atoms with Crippen molar-refractivity contribution in [2.75, 3.05) is 25.3 Å². The van der Waals surface area contributed by atoms with E-state index in [2.05, 4.69) is 16.9 Å². The Kier molecular flexibility index (Phi) is 7.68. The predicted molar refractivity (Wildman–Crippen MR) is 118 cm³/mol. The topological polar surface area (TPSA) is 112 Å². The van der Waals surface area contributed by atoms with Crippen LogP contribution in [-0.2, 0) is 9.53 Å². The van der Waals surface area contributed by atoms with Crippen molar-refractivity contribution in [1.82, 2.24) is 0 Å². The Morgan fingerprint density at radius 2 is 1.90 bits per heavy atom. The molecule has 10 heteroatoms. The van der Waals surface area contributed by atoms with Crippen molar-refractivity contribution in [3.63, 3.8) is 0 Å². The average molecular weight is 453 g/mol. The van der Waals surface area contributed by atoms with Gasteiger partial charge in [-0.05, 0) is 24.3 Å². The van der Waals surface area contributed by atoms with Crippen molar-refractivity contribution < 1.29 is 18.7 Å². The number of rotatable bonds is 7. The molecule has 158 valence electrons. The van der Waals surface area contributed by atoms with Crippen LogP contribution in [0.25, 0.3) is 5.70 Å². The van der Waals surface area contributed by atoms with Gasteiger partial charge in [0.05, 0.1) is 36.3 Å². The maximum absolute atomic E-state index is 14.7. The molecule has 0 fully saturated rings. The number of methoxy groups -OCH3 is 2. The first-order valence-corrected chi connectivity index (χ1v) is 9.12. The number of benzene rings is 2. The minimum atomic E-state index is -0.909. The Hall–Kier alpha value is -3.23. The van der Waals surface area contributed by atoms with Crippen LogP contribution in [0.3, 0.4) is 0 Å². The first kappa shape index (κ1) is 23.1. The summed E-state index contributed by atoms with van der Waals surface area (Å²) in [6.45, 7) is 3.69. The zero-order valence-corrected chi connectivity index (χ0v) is 17.6. The smallest absolute Gasteiger partial charge is 0.358 e. The number of ether oxygens (including phenoxy) is 2. The number of nitrogens with two attached hydrogens (primary N) is 2. The highest BCUT2D eigenvalue weighted by atomic mass is 35.5. The van der Waals surface area contributed by atoms with Crippen LogP contribution in [-0.4, -0.2) is 25.9 Å². The molecule has 0 aliphatic heterocycles. The summed E-state index contributed by atoms with van der Waals surface area (Å²) in [6, 6.07) is 9.52. The Bertz CT molecular complexity index is 1050. The summed E-state index contributed by atoms with van der Waals surface area (Å²) in [6.07, 6.45) is 0. The maximum atomic E-state index is 14.7. The zero-order chi connectivity index (χ0) is 22.4. The van der Waals surface area contributed by atoms with Crippen molar-refractivity contribution in [3.05, 3.63) is 70.2 Å². The van der Waals surface area contributed by atoms with Crippen LogP contribution in [0.2, 0.25) is 5.02 Å². The first-order chi connectivity index (χ1) is 14.2. The van der Waals surface area contributed by atoms with Gasteiger partial charge in [-0.1, -0.05) is 41.9 Å². The summed E-state index contributed by atoms with van der Waals surface area (Å²) in [7, 11) is 2.40. The lowest BCUT2D eigenvalue weighted by molar-refractivity contribution is -0.132. The summed E-state index contributed by atoms with van der Waals surface area (Å²) in [5, 5.41) is 2.58. The Labute approximate surface area is 182 Å². The molecule has 2 rings (SSSR count). The van der Waals surface area contributed by atoms with E-state index in [4.69, 9.17) is 44.1 Å². The average Bonchev–Trinajstić information content (AvgIpc) is 2.72. The molecule has 0 unspecified atom stereocenters. The number of nitrogens with one attached hydrogen (secondary N) is 1. The minimum absolute atomic E-state index is 0.0547. The maximum Gasteiger partial charge on any atom is 0.358 e. The molecule has 0 spiro atoms. The van der Waals surface area contributed by atoms with E-state index in [0.717, 1.165) is 7.11 Å². The van der Waals surface area contributed by atoms with Gasteiger partial charge in [-0.25, -0.2) is 14.2 Å². The van der Waals surface area contributed by atoms with E-state index < -0.39 is 17.5 Å². The lowest BCUT2D eigenvalue weighted by Crippen LogP contribution is -2.22. The van der Waals surface area contributed by atoms with Crippen molar-refractivity contribution >= 4 is 52.0 Å². The molecular formula is C20H19Cl2FN4O3. The Balaban J connectivity index is 2.49.